The van der Waals surface area contributed by atoms with Gasteiger partial charge in [-0.2, -0.15) is 0 Å². The molecule has 110 valence electrons. The molecule has 6 nitrogen and oxygen atoms in total. The number of hydrogen-bond acceptors (Lipinski definition) is 4. The molecule has 1 aromatic heterocycles. The van der Waals surface area contributed by atoms with Crippen molar-refractivity contribution in [3.05, 3.63) is 29.6 Å². The van der Waals surface area contributed by atoms with Crippen molar-refractivity contribution in [3.63, 3.8) is 0 Å². The zero-order valence-corrected chi connectivity index (χ0v) is 12.1. The van der Waals surface area contributed by atoms with Crippen LogP contribution in [0.4, 0.5) is 0 Å². The van der Waals surface area contributed by atoms with E-state index in [9.17, 15) is 9.59 Å². The highest BCUT2D eigenvalue weighted by molar-refractivity contribution is 5.87. The van der Waals surface area contributed by atoms with Crippen molar-refractivity contribution >= 4 is 11.8 Å². The van der Waals surface area contributed by atoms with Crippen LogP contribution in [0, 0.1) is 12.8 Å². The second kappa shape index (κ2) is 7.59. The molecule has 20 heavy (non-hydrogen) atoms. The number of pyridine rings is 1. The van der Waals surface area contributed by atoms with E-state index in [1.807, 2.05) is 26.8 Å². The number of hydrogen-bond donors (Lipinski definition) is 3. The summed E-state index contributed by atoms with van der Waals surface area (Å²) in [6.07, 6.45) is 3.41. The van der Waals surface area contributed by atoms with E-state index in [0.29, 0.717) is 6.54 Å². The van der Waals surface area contributed by atoms with Gasteiger partial charge in [0.25, 0.3) is 0 Å². The zero-order valence-electron chi connectivity index (χ0n) is 12.1. The predicted octanol–water partition coefficient (Wildman–Crippen LogP) is 0.106. The molecule has 2 amide bonds. The van der Waals surface area contributed by atoms with E-state index in [0.717, 1.165) is 11.1 Å². The Kier molecular flexibility index (Phi) is 6.11. The maximum atomic E-state index is 11.6. The average Bonchev–Trinajstić information content (AvgIpc) is 2.42. The van der Waals surface area contributed by atoms with Crippen LogP contribution in [-0.2, 0) is 16.1 Å². The molecule has 0 spiro atoms. The molecule has 0 aliphatic heterocycles. The Morgan fingerprint density at radius 2 is 2.05 bits per heavy atom. The maximum absolute atomic E-state index is 11.6. The normalized spacial score (nSPS) is 12.1. The number of aromatic nitrogens is 1. The summed E-state index contributed by atoms with van der Waals surface area (Å²) in [6, 6.07) is 1.29. The summed E-state index contributed by atoms with van der Waals surface area (Å²) in [5.41, 5.74) is 7.69. The lowest BCUT2D eigenvalue weighted by atomic mass is 10.1. The lowest BCUT2D eigenvalue weighted by molar-refractivity contribution is -0.127. The molecule has 0 aliphatic rings. The summed E-state index contributed by atoms with van der Waals surface area (Å²) in [4.78, 5) is 27.2. The summed E-state index contributed by atoms with van der Waals surface area (Å²) in [5.74, 6) is -0.527. The molecule has 0 saturated heterocycles. The lowest BCUT2D eigenvalue weighted by Gasteiger charge is -2.15. The van der Waals surface area contributed by atoms with Crippen LogP contribution in [0.25, 0.3) is 0 Å². The first-order valence-electron chi connectivity index (χ1n) is 6.61. The van der Waals surface area contributed by atoms with Gasteiger partial charge < -0.3 is 16.4 Å². The predicted molar refractivity (Wildman–Crippen MR) is 76.6 cm³/mol. The van der Waals surface area contributed by atoms with E-state index in [1.165, 1.54) is 0 Å². The standard InChI is InChI=1S/C14H22N4O2/c1-9(2)13(15)14(20)18-8-12(19)17-7-11-6-16-5-4-10(11)3/h4-6,9,13H,7-8,15H2,1-3H3,(H,17,19)(H,18,20)/t13-/m0/s1. The largest absolute Gasteiger partial charge is 0.350 e. The fraction of sp³-hybridized carbons (Fsp3) is 0.500. The number of amides is 2. The molecular weight excluding hydrogens is 256 g/mol. The van der Waals surface area contributed by atoms with Crippen LogP contribution in [-0.4, -0.2) is 29.4 Å². The van der Waals surface area contributed by atoms with Gasteiger partial charge in [0.15, 0.2) is 0 Å². The second-order valence-electron chi connectivity index (χ2n) is 5.07. The number of rotatable bonds is 6. The molecule has 4 N–H and O–H groups in total. The highest BCUT2D eigenvalue weighted by atomic mass is 16.2. The molecule has 1 atom stereocenters. The SMILES string of the molecule is Cc1ccncc1CNC(=O)CNC(=O)[C@@H](N)C(C)C. The van der Waals surface area contributed by atoms with Crippen molar-refractivity contribution in [1.82, 2.24) is 15.6 Å². The van der Waals surface area contributed by atoms with Gasteiger partial charge in [-0.15, -0.1) is 0 Å². The number of nitrogens with zero attached hydrogens (tertiary/aromatic N) is 1. The van der Waals surface area contributed by atoms with Crippen LogP contribution in [0.5, 0.6) is 0 Å². The minimum absolute atomic E-state index is 0.0381. The quantitative estimate of drug-likeness (QED) is 0.688. The summed E-state index contributed by atoms with van der Waals surface area (Å²) < 4.78 is 0. The Morgan fingerprint density at radius 3 is 2.65 bits per heavy atom. The molecule has 0 unspecified atom stereocenters. The molecule has 1 rings (SSSR count). The first-order chi connectivity index (χ1) is 9.41. The van der Waals surface area contributed by atoms with Crippen molar-refractivity contribution in [2.75, 3.05) is 6.54 Å². The lowest BCUT2D eigenvalue weighted by Crippen LogP contribution is -2.47. The monoisotopic (exact) mass is 278 g/mol. The minimum Gasteiger partial charge on any atom is -0.350 e. The van der Waals surface area contributed by atoms with Crippen molar-refractivity contribution in [2.24, 2.45) is 11.7 Å². The van der Waals surface area contributed by atoms with Crippen LogP contribution in [0.15, 0.2) is 18.5 Å². The molecule has 0 radical (unpaired) electrons. The fourth-order valence-electron chi connectivity index (χ4n) is 1.53. The van der Waals surface area contributed by atoms with Crippen LogP contribution < -0.4 is 16.4 Å². The van der Waals surface area contributed by atoms with Gasteiger partial charge in [0.1, 0.15) is 0 Å². The van der Waals surface area contributed by atoms with Gasteiger partial charge in [0, 0.05) is 18.9 Å². The third-order valence-electron chi connectivity index (χ3n) is 3.07. The van der Waals surface area contributed by atoms with E-state index >= 15 is 0 Å². The average molecular weight is 278 g/mol. The van der Waals surface area contributed by atoms with Crippen LogP contribution in [0.2, 0.25) is 0 Å². The molecule has 1 aromatic rings. The van der Waals surface area contributed by atoms with Gasteiger partial charge in [0.05, 0.1) is 12.6 Å². The van der Waals surface area contributed by atoms with E-state index in [-0.39, 0.29) is 24.3 Å². The van der Waals surface area contributed by atoms with E-state index in [4.69, 9.17) is 5.73 Å². The minimum atomic E-state index is -0.594. The third kappa shape index (κ3) is 4.97. The molecule has 0 aromatic carbocycles. The van der Waals surface area contributed by atoms with Crippen LogP contribution in [0.1, 0.15) is 25.0 Å². The van der Waals surface area contributed by atoms with Gasteiger partial charge in [0.2, 0.25) is 11.8 Å². The number of carbonyl (C=O) groups excluding carboxylic acids is 2. The van der Waals surface area contributed by atoms with Crippen LogP contribution >= 0.6 is 0 Å². The van der Waals surface area contributed by atoms with E-state index in [2.05, 4.69) is 15.6 Å². The molecule has 0 fully saturated rings. The Balaban J connectivity index is 2.35. The number of carbonyl (C=O) groups is 2. The Bertz CT molecular complexity index is 474. The number of aryl methyl sites for hydroxylation is 1. The first kappa shape index (κ1) is 16.1. The van der Waals surface area contributed by atoms with Crippen molar-refractivity contribution in [1.29, 1.82) is 0 Å². The zero-order chi connectivity index (χ0) is 15.1. The molecule has 0 aliphatic carbocycles. The van der Waals surface area contributed by atoms with Gasteiger partial charge in [-0.3, -0.25) is 14.6 Å². The Hall–Kier alpha value is -1.95. The molecule has 0 bridgehead atoms. The van der Waals surface area contributed by atoms with Crippen LogP contribution in [0.3, 0.4) is 0 Å². The topological polar surface area (TPSA) is 97.1 Å². The van der Waals surface area contributed by atoms with E-state index < -0.39 is 6.04 Å². The van der Waals surface area contributed by atoms with Crippen molar-refractivity contribution in [2.45, 2.75) is 33.4 Å². The summed E-state index contributed by atoms with van der Waals surface area (Å²) in [6.45, 7) is 5.99. The molecule has 1 heterocycles. The summed E-state index contributed by atoms with van der Waals surface area (Å²) >= 11 is 0. The first-order valence-corrected chi connectivity index (χ1v) is 6.61. The Morgan fingerprint density at radius 1 is 1.35 bits per heavy atom. The van der Waals surface area contributed by atoms with Crippen molar-refractivity contribution in [3.8, 4) is 0 Å². The molecular formula is C14H22N4O2. The molecule has 0 saturated carbocycles. The fourth-order valence-corrected chi connectivity index (χ4v) is 1.53. The van der Waals surface area contributed by atoms with E-state index in [1.54, 1.807) is 12.4 Å². The number of nitrogens with one attached hydrogen (secondary N) is 2. The summed E-state index contributed by atoms with van der Waals surface area (Å²) in [7, 11) is 0. The van der Waals surface area contributed by atoms with Gasteiger partial charge in [-0.05, 0) is 30.0 Å². The highest BCUT2D eigenvalue weighted by Crippen LogP contribution is 2.03. The smallest absolute Gasteiger partial charge is 0.239 e. The highest BCUT2D eigenvalue weighted by Gasteiger charge is 2.17. The maximum Gasteiger partial charge on any atom is 0.239 e. The van der Waals surface area contributed by atoms with Gasteiger partial charge >= 0.3 is 0 Å². The number of nitrogens with two attached hydrogens (primary N) is 1. The van der Waals surface area contributed by atoms with Crippen molar-refractivity contribution < 1.29 is 9.59 Å². The van der Waals surface area contributed by atoms with Gasteiger partial charge in [-0.1, -0.05) is 13.8 Å². The molecule has 6 heteroatoms. The van der Waals surface area contributed by atoms with Gasteiger partial charge in [-0.25, -0.2) is 0 Å². The third-order valence-corrected chi connectivity index (χ3v) is 3.07. The summed E-state index contributed by atoms with van der Waals surface area (Å²) in [5, 5.41) is 5.25. The second-order valence-corrected chi connectivity index (χ2v) is 5.07. The Labute approximate surface area is 119 Å².